The largest absolute Gasteiger partial charge is 0.396 e. The molecule has 5 heteroatoms. The molecule has 1 amide bonds. The highest BCUT2D eigenvalue weighted by Crippen LogP contribution is 2.14. The first-order valence-electron chi connectivity index (χ1n) is 5.03. The van der Waals surface area contributed by atoms with Crippen molar-refractivity contribution >= 4 is 5.91 Å². The number of aromatic amines is 1. The molecule has 0 aliphatic carbocycles. The normalized spacial score (nSPS) is 14.6. The third-order valence-corrected chi connectivity index (χ3v) is 2.62. The Morgan fingerprint density at radius 2 is 2.47 bits per heavy atom. The average Bonchev–Trinajstić information content (AvgIpc) is 2.71. The number of hydrogen-bond acceptors (Lipinski definition) is 3. The Morgan fingerprint density at radius 3 is 2.93 bits per heavy atom. The van der Waals surface area contributed by atoms with Crippen LogP contribution >= 0.6 is 0 Å². The standard InChI is InChI=1S/C10H17N3O2/c1-3-10(2,4-5-14)13-9(15)8-6-11-12-7-8/h6-7,14H,3-5H2,1-2H3,(H,11,12)(H,13,15). The molecule has 0 aromatic carbocycles. The van der Waals surface area contributed by atoms with E-state index in [9.17, 15) is 4.79 Å². The van der Waals surface area contributed by atoms with E-state index in [4.69, 9.17) is 5.11 Å². The van der Waals surface area contributed by atoms with Crippen molar-refractivity contribution in [3.8, 4) is 0 Å². The van der Waals surface area contributed by atoms with Crippen molar-refractivity contribution in [3.05, 3.63) is 18.0 Å². The fourth-order valence-corrected chi connectivity index (χ4v) is 1.30. The number of nitrogens with zero attached hydrogens (tertiary/aromatic N) is 1. The summed E-state index contributed by atoms with van der Waals surface area (Å²) in [5.41, 5.74) is 0.149. The molecule has 1 rings (SSSR count). The van der Waals surface area contributed by atoms with Crippen molar-refractivity contribution in [1.82, 2.24) is 15.5 Å². The molecule has 1 unspecified atom stereocenters. The Morgan fingerprint density at radius 1 is 1.73 bits per heavy atom. The zero-order chi connectivity index (χ0) is 11.3. The number of H-pyrrole nitrogens is 1. The molecule has 0 aliphatic heterocycles. The number of aliphatic hydroxyl groups excluding tert-OH is 1. The third kappa shape index (κ3) is 3.06. The number of hydrogen-bond donors (Lipinski definition) is 3. The molecular formula is C10H17N3O2. The van der Waals surface area contributed by atoms with Crippen molar-refractivity contribution < 1.29 is 9.90 Å². The van der Waals surface area contributed by atoms with E-state index in [0.29, 0.717) is 12.0 Å². The van der Waals surface area contributed by atoms with Crippen LogP contribution in [0.15, 0.2) is 12.4 Å². The molecule has 3 N–H and O–H groups in total. The Balaban J connectivity index is 2.63. The van der Waals surface area contributed by atoms with Gasteiger partial charge in [0.1, 0.15) is 0 Å². The molecule has 0 fully saturated rings. The summed E-state index contributed by atoms with van der Waals surface area (Å²) >= 11 is 0. The monoisotopic (exact) mass is 211 g/mol. The van der Waals surface area contributed by atoms with Gasteiger partial charge >= 0.3 is 0 Å². The molecule has 0 saturated carbocycles. The van der Waals surface area contributed by atoms with Gasteiger partial charge < -0.3 is 10.4 Å². The maximum Gasteiger partial charge on any atom is 0.254 e. The summed E-state index contributed by atoms with van der Waals surface area (Å²) in [6.45, 7) is 3.96. The predicted molar refractivity (Wildman–Crippen MR) is 56.5 cm³/mol. The minimum atomic E-state index is -0.358. The fourth-order valence-electron chi connectivity index (χ4n) is 1.30. The van der Waals surface area contributed by atoms with Gasteiger partial charge in [0.25, 0.3) is 5.91 Å². The Kier molecular flexibility index (Phi) is 3.85. The summed E-state index contributed by atoms with van der Waals surface area (Å²) in [4.78, 5) is 11.7. The molecule has 1 aromatic rings. The molecular weight excluding hydrogens is 194 g/mol. The van der Waals surface area contributed by atoms with Crippen molar-refractivity contribution in [2.45, 2.75) is 32.2 Å². The second-order valence-electron chi connectivity index (χ2n) is 3.83. The van der Waals surface area contributed by atoms with Crippen LogP contribution in [0.2, 0.25) is 0 Å². The smallest absolute Gasteiger partial charge is 0.254 e. The van der Waals surface area contributed by atoms with Crippen molar-refractivity contribution in [2.75, 3.05) is 6.61 Å². The maximum atomic E-state index is 11.7. The molecule has 0 radical (unpaired) electrons. The van der Waals surface area contributed by atoms with E-state index >= 15 is 0 Å². The Hall–Kier alpha value is -1.36. The van der Waals surface area contributed by atoms with E-state index in [1.165, 1.54) is 6.20 Å². The zero-order valence-electron chi connectivity index (χ0n) is 9.08. The second kappa shape index (κ2) is 4.93. The quantitative estimate of drug-likeness (QED) is 0.670. The summed E-state index contributed by atoms with van der Waals surface area (Å²) in [6.07, 6.45) is 4.35. The van der Waals surface area contributed by atoms with Crippen LogP contribution in [0.1, 0.15) is 37.0 Å². The summed E-state index contributed by atoms with van der Waals surface area (Å²) < 4.78 is 0. The van der Waals surface area contributed by atoms with Crippen LogP contribution in [0.4, 0.5) is 0 Å². The van der Waals surface area contributed by atoms with Gasteiger partial charge in [0.15, 0.2) is 0 Å². The summed E-state index contributed by atoms with van der Waals surface area (Å²) in [7, 11) is 0. The van der Waals surface area contributed by atoms with E-state index in [2.05, 4.69) is 15.5 Å². The number of amides is 1. The average molecular weight is 211 g/mol. The van der Waals surface area contributed by atoms with Crippen LogP contribution in [0.5, 0.6) is 0 Å². The number of rotatable bonds is 5. The lowest BCUT2D eigenvalue weighted by Crippen LogP contribution is -2.46. The molecule has 0 bridgehead atoms. The molecule has 0 aliphatic rings. The van der Waals surface area contributed by atoms with E-state index in [-0.39, 0.29) is 18.1 Å². The van der Waals surface area contributed by atoms with Crippen LogP contribution in [0.25, 0.3) is 0 Å². The maximum absolute atomic E-state index is 11.7. The Bertz CT molecular complexity index is 310. The van der Waals surface area contributed by atoms with Gasteiger partial charge in [-0.2, -0.15) is 5.10 Å². The first kappa shape index (κ1) is 11.7. The van der Waals surface area contributed by atoms with Crippen LogP contribution in [-0.4, -0.2) is 33.4 Å². The lowest BCUT2D eigenvalue weighted by atomic mass is 9.94. The highest BCUT2D eigenvalue weighted by atomic mass is 16.3. The minimum Gasteiger partial charge on any atom is -0.396 e. The number of carbonyl (C=O) groups is 1. The van der Waals surface area contributed by atoms with Gasteiger partial charge in [-0.3, -0.25) is 9.89 Å². The van der Waals surface area contributed by atoms with Gasteiger partial charge in [-0.25, -0.2) is 0 Å². The van der Waals surface area contributed by atoms with Crippen LogP contribution in [-0.2, 0) is 0 Å². The lowest BCUT2D eigenvalue weighted by Gasteiger charge is -2.28. The summed E-state index contributed by atoms with van der Waals surface area (Å²) in [5.74, 6) is -0.165. The summed E-state index contributed by atoms with van der Waals surface area (Å²) in [5, 5.41) is 18.1. The lowest BCUT2D eigenvalue weighted by molar-refractivity contribution is 0.0886. The highest BCUT2D eigenvalue weighted by molar-refractivity contribution is 5.94. The van der Waals surface area contributed by atoms with E-state index in [1.54, 1.807) is 6.20 Å². The molecule has 84 valence electrons. The minimum absolute atomic E-state index is 0.0655. The molecule has 15 heavy (non-hydrogen) atoms. The Labute approximate surface area is 88.9 Å². The van der Waals surface area contributed by atoms with Gasteiger partial charge in [0.05, 0.1) is 11.8 Å². The molecule has 1 aromatic heterocycles. The van der Waals surface area contributed by atoms with Gasteiger partial charge in [-0.15, -0.1) is 0 Å². The molecule has 0 spiro atoms. The van der Waals surface area contributed by atoms with Gasteiger partial charge in [0, 0.05) is 18.3 Å². The summed E-state index contributed by atoms with van der Waals surface area (Å²) in [6, 6.07) is 0. The van der Waals surface area contributed by atoms with Crippen molar-refractivity contribution in [2.24, 2.45) is 0 Å². The van der Waals surface area contributed by atoms with Crippen molar-refractivity contribution in [1.29, 1.82) is 0 Å². The van der Waals surface area contributed by atoms with Gasteiger partial charge in [0.2, 0.25) is 0 Å². The fraction of sp³-hybridized carbons (Fsp3) is 0.600. The van der Waals surface area contributed by atoms with Gasteiger partial charge in [-0.1, -0.05) is 6.92 Å². The third-order valence-electron chi connectivity index (χ3n) is 2.62. The van der Waals surface area contributed by atoms with E-state index in [1.807, 2.05) is 13.8 Å². The second-order valence-corrected chi connectivity index (χ2v) is 3.83. The first-order valence-corrected chi connectivity index (χ1v) is 5.03. The van der Waals surface area contributed by atoms with E-state index < -0.39 is 0 Å². The SMILES string of the molecule is CCC(C)(CCO)NC(=O)c1cn[nH]c1. The van der Waals surface area contributed by atoms with Gasteiger partial charge in [-0.05, 0) is 19.8 Å². The number of aliphatic hydroxyl groups is 1. The van der Waals surface area contributed by atoms with E-state index in [0.717, 1.165) is 6.42 Å². The van der Waals surface area contributed by atoms with Crippen LogP contribution < -0.4 is 5.32 Å². The molecule has 0 saturated heterocycles. The molecule has 1 atom stereocenters. The molecule has 1 heterocycles. The highest BCUT2D eigenvalue weighted by Gasteiger charge is 2.24. The first-order chi connectivity index (χ1) is 7.11. The predicted octanol–water partition coefficient (Wildman–Crippen LogP) is 0.691. The number of aromatic nitrogens is 2. The zero-order valence-corrected chi connectivity index (χ0v) is 9.08. The van der Waals surface area contributed by atoms with Crippen LogP contribution in [0, 0.1) is 0 Å². The topological polar surface area (TPSA) is 78.0 Å². The number of nitrogens with one attached hydrogen (secondary N) is 2. The van der Waals surface area contributed by atoms with Crippen LogP contribution in [0.3, 0.4) is 0 Å². The van der Waals surface area contributed by atoms with Crippen molar-refractivity contribution in [3.63, 3.8) is 0 Å². The molecule has 5 nitrogen and oxygen atoms in total. The number of carbonyl (C=O) groups excluding carboxylic acids is 1.